The van der Waals surface area contributed by atoms with E-state index < -0.39 is 16.1 Å². The molecule has 6 nitrogen and oxygen atoms in total. The summed E-state index contributed by atoms with van der Waals surface area (Å²) < 4.78 is 31.1. The van der Waals surface area contributed by atoms with Gasteiger partial charge in [0.15, 0.2) is 0 Å². The number of hydrogen-bond acceptors (Lipinski definition) is 4. The zero-order chi connectivity index (χ0) is 17.0. The molecule has 0 radical (unpaired) electrons. The number of alkyl carbamates (subject to hydrolysis) is 1. The van der Waals surface area contributed by atoms with E-state index in [1.165, 1.54) is 4.31 Å². The Morgan fingerprint density at radius 2 is 1.62 bits per heavy atom. The van der Waals surface area contributed by atoms with Gasteiger partial charge < -0.3 is 10.1 Å². The highest BCUT2D eigenvalue weighted by atomic mass is 32.2. The van der Waals surface area contributed by atoms with Crippen molar-refractivity contribution in [3.8, 4) is 0 Å². The summed E-state index contributed by atoms with van der Waals surface area (Å²) in [7, 11) is -3.49. The molecule has 1 aliphatic heterocycles. The van der Waals surface area contributed by atoms with Crippen LogP contribution < -0.4 is 5.32 Å². The minimum atomic E-state index is -3.49. The van der Waals surface area contributed by atoms with Crippen molar-refractivity contribution in [2.24, 2.45) is 0 Å². The van der Waals surface area contributed by atoms with Crippen LogP contribution in [0.15, 0.2) is 65.6 Å². The van der Waals surface area contributed by atoms with Crippen molar-refractivity contribution in [3.63, 3.8) is 0 Å². The quantitative estimate of drug-likeness (QED) is 0.898. The van der Waals surface area contributed by atoms with E-state index >= 15 is 0 Å². The Bertz CT molecular complexity index is 788. The Balaban J connectivity index is 1.46. The number of hydrogen-bond donors (Lipinski definition) is 1. The average molecular weight is 346 g/mol. The van der Waals surface area contributed by atoms with Gasteiger partial charge in [-0.25, -0.2) is 13.2 Å². The Morgan fingerprint density at radius 1 is 1.04 bits per heavy atom. The largest absolute Gasteiger partial charge is 0.445 e. The van der Waals surface area contributed by atoms with E-state index in [-0.39, 0.29) is 30.6 Å². The van der Waals surface area contributed by atoms with E-state index in [0.29, 0.717) is 0 Å². The first kappa shape index (κ1) is 16.5. The Hall–Kier alpha value is -2.38. The highest BCUT2D eigenvalue weighted by Gasteiger charge is 2.37. The highest BCUT2D eigenvalue weighted by molar-refractivity contribution is 7.89. The van der Waals surface area contributed by atoms with Crippen LogP contribution in [0.25, 0.3) is 0 Å². The minimum absolute atomic E-state index is 0.186. The summed E-state index contributed by atoms with van der Waals surface area (Å²) in [6, 6.07) is 17.4. The number of carbonyl (C=O) groups excluding carboxylic acids is 1. The van der Waals surface area contributed by atoms with Gasteiger partial charge in [0.25, 0.3) is 0 Å². The lowest BCUT2D eigenvalue weighted by atomic mass is 10.2. The number of benzene rings is 2. The maximum absolute atomic E-state index is 12.3. The van der Waals surface area contributed by atoms with E-state index in [1.54, 1.807) is 30.3 Å². The number of amides is 1. The number of rotatable bonds is 5. The van der Waals surface area contributed by atoms with Crippen LogP contribution in [-0.4, -0.2) is 37.9 Å². The molecule has 0 aromatic heterocycles. The molecule has 24 heavy (non-hydrogen) atoms. The predicted molar refractivity (Wildman–Crippen MR) is 88.8 cm³/mol. The van der Waals surface area contributed by atoms with Crippen LogP contribution in [0.2, 0.25) is 0 Å². The summed E-state index contributed by atoms with van der Waals surface area (Å²) >= 11 is 0. The van der Waals surface area contributed by atoms with Crippen LogP contribution in [0.3, 0.4) is 0 Å². The topological polar surface area (TPSA) is 75.7 Å². The molecule has 2 aromatic rings. The van der Waals surface area contributed by atoms with Gasteiger partial charge in [-0.05, 0) is 17.7 Å². The molecule has 1 fully saturated rings. The van der Waals surface area contributed by atoms with E-state index in [4.69, 9.17) is 4.74 Å². The molecule has 1 amide bonds. The van der Waals surface area contributed by atoms with Crippen molar-refractivity contribution in [3.05, 3.63) is 66.2 Å². The first-order chi connectivity index (χ1) is 11.6. The summed E-state index contributed by atoms with van der Waals surface area (Å²) in [4.78, 5) is 12.0. The summed E-state index contributed by atoms with van der Waals surface area (Å²) in [6.07, 6.45) is -0.541. The first-order valence-corrected chi connectivity index (χ1v) is 9.02. The minimum Gasteiger partial charge on any atom is -0.445 e. The average Bonchev–Trinajstić information content (AvgIpc) is 2.57. The van der Waals surface area contributed by atoms with Gasteiger partial charge >= 0.3 is 6.09 Å². The van der Waals surface area contributed by atoms with Gasteiger partial charge in [0.1, 0.15) is 6.61 Å². The molecule has 0 unspecified atom stereocenters. The molecule has 0 atom stereocenters. The van der Waals surface area contributed by atoms with Crippen molar-refractivity contribution in [2.45, 2.75) is 17.5 Å². The van der Waals surface area contributed by atoms with Crippen LogP contribution in [0.4, 0.5) is 4.79 Å². The fraction of sp³-hybridized carbons (Fsp3) is 0.235. The highest BCUT2D eigenvalue weighted by Crippen LogP contribution is 2.21. The second-order valence-corrected chi connectivity index (χ2v) is 7.48. The molecular formula is C17H18N2O4S. The standard InChI is InChI=1S/C17H18N2O4S/c20-17(23-13-14-7-3-1-4-8-14)18-15-11-19(12-15)24(21,22)16-9-5-2-6-10-16/h1-10,15H,11-13H2,(H,18,20). The van der Waals surface area contributed by atoms with Crippen LogP contribution in [0, 0.1) is 0 Å². The number of carbonyl (C=O) groups is 1. The summed E-state index contributed by atoms with van der Waals surface area (Å²) in [6.45, 7) is 0.681. The van der Waals surface area contributed by atoms with Gasteiger partial charge in [-0.1, -0.05) is 48.5 Å². The zero-order valence-corrected chi connectivity index (χ0v) is 13.8. The second-order valence-electron chi connectivity index (χ2n) is 5.54. The van der Waals surface area contributed by atoms with Gasteiger partial charge in [-0.15, -0.1) is 0 Å². The van der Waals surface area contributed by atoms with Crippen molar-refractivity contribution in [1.82, 2.24) is 9.62 Å². The SMILES string of the molecule is O=C(NC1CN(S(=O)(=O)c2ccccc2)C1)OCc1ccccc1. The number of sulfonamides is 1. The second kappa shape index (κ2) is 7.02. The van der Waals surface area contributed by atoms with E-state index in [9.17, 15) is 13.2 Å². The van der Waals surface area contributed by atoms with Crippen LogP contribution >= 0.6 is 0 Å². The molecule has 1 saturated heterocycles. The maximum Gasteiger partial charge on any atom is 0.407 e. The molecule has 1 N–H and O–H groups in total. The normalized spacial score (nSPS) is 15.5. The summed E-state index contributed by atoms with van der Waals surface area (Å²) in [5.74, 6) is 0. The van der Waals surface area contributed by atoms with Crippen LogP contribution in [0.1, 0.15) is 5.56 Å². The van der Waals surface area contributed by atoms with E-state index in [1.807, 2.05) is 30.3 Å². The van der Waals surface area contributed by atoms with Gasteiger partial charge in [-0.3, -0.25) is 0 Å². The van der Waals surface area contributed by atoms with Crippen LogP contribution in [-0.2, 0) is 21.4 Å². The lowest BCUT2D eigenvalue weighted by molar-refractivity contribution is 0.123. The summed E-state index contributed by atoms with van der Waals surface area (Å²) in [5, 5.41) is 2.67. The van der Waals surface area contributed by atoms with Gasteiger partial charge in [-0.2, -0.15) is 4.31 Å². The predicted octanol–water partition coefficient (Wildman–Crippen LogP) is 1.99. The molecular weight excluding hydrogens is 328 g/mol. The fourth-order valence-corrected chi connectivity index (χ4v) is 3.95. The molecule has 3 rings (SSSR count). The molecule has 1 heterocycles. The third-order valence-corrected chi connectivity index (χ3v) is 5.61. The zero-order valence-electron chi connectivity index (χ0n) is 13.0. The third kappa shape index (κ3) is 3.74. The smallest absolute Gasteiger partial charge is 0.407 e. The van der Waals surface area contributed by atoms with Gasteiger partial charge in [0.05, 0.1) is 10.9 Å². The Kier molecular flexibility index (Phi) is 4.82. The molecule has 2 aromatic carbocycles. The molecule has 0 bridgehead atoms. The van der Waals surface area contributed by atoms with E-state index in [2.05, 4.69) is 5.32 Å². The summed E-state index contributed by atoms with van der Waals surface area (Å²) in [5.41, 5.74) is 0.898. The number of ether oxygens (including phenoxy) is 1. The monoisotopic (exact) mass is 346 g/mol. The lowest BCUT2D eigenvalue weighted by Gasteiger charge is -2.37. The van der Waals surface area contributed by atoms with Crippen molar-refractivity contribution in [1.29, 1.82) is 0 Å². The van der Waals surface area contributed by atoms with Gasteiger partial charge in [0, 0.05) is 13.1 Å². The molecule has 1 aliphatic rings. The maximum atomic E-state index is 12.3. The first-order valence-electron chi connectivity index (χ1n) is 7.58. The molecule has 0 spiro atoms. The van der Waals surface area contributed by atoms with Gasteiger partial charge in [0.2, 0.25) is 10.0 Å². The molecule has 126 valence electrons. The lowest BCUT2D eigenvalue weighted by Crippen LogP contribution is -2.60. The van der Waals surface area contributed by atoms with Crippen molar-refractivity contribution < 1.29 is 17.9 Å². The third-order valence-electron chi connectivity index (χ3n) is 3.76. The molecule has 7 heteroatoms. The fourth-order valence-electron chi connectivity index (χ4n) is 2.40. The number of nitrogens with zero attached hydrogens (tertiary/aromatic N) is 1. The van der Waals surface area contributed by atoms with Crippen molar-refractivity contribution in [2.75, 3.05) is 13.1 Å². The van der Waals surface area contributed by atoms with Crippen LogP contribution in [0.5, 0.6) is 0 Å². The van der Waals surface area contributed by atoms with E-state index in [0.717, 1.165) is 5.56 Å². The Labute approximate surface area is 141 Å². The molecule has 0 saturated carbocycles. The number of nitrogens with one attached hydrogen (secondary N) is 1. The Morgan fingerprint density at radius 3 is 2.25 bits per heavy atom. The van der Waals surface area contributed by atoms with Crippen molar-refractivity contribution >= 4 is 16.1 Å². The molecule has 0 aliphatic carbocycles.